The summed E-state index contributed by atoms with van der Waals surface area (Å²) in [6, 6.07) is 12.5. The van der Waals surface area contributed by atoms with Gasteiger partial charge in [0.1, 0.15) is 23.8 Å². The number of nitrogens with zero attached hydrogens (tertiary/aromatic N) is 1. The molecule has 0 spiro atoms. The smallest absolute Gasteiger partial charge is 0.328 e. The molecule has 1 aliphatic rings. The Balaban J connectivity index is 1.51. The number of amides is 1. The van der Waals surface area contributed by atoms with Gasteiger partial charge >= 0.3 is 5.97 Å². The maximum absolute atomic E-state index is 13.6. The molecule has 0 aliphatic heterocycles. The maximum atomic E-state index is 13.6. The van der Waals surface area contributed by atoms with E-state index in [1.807, 2.05) is 0 Å². The predicted octanol–water partition coefficient (Wildman–Crippen LogP) is 4.25. The highest BCUT2D eigenvalue weighted by molar-refractivity contribution is 5.97. The van der Waals surface area contributed by atoms with Crippen molar-refractivity contribution in [2.24, 2.45) is 0 Å². The zero-order valence-corrected chi connectivity index (χ0v) is 20.0. The van der Waals surface area contributed by atoms with E-state index in [9.17, 15) is 23.5 Å². The molecule has 36 heavy (non-hydrogen) atoms. The van der Waals surface area contributed by atoms with Gasteiger partial charge in [-0.3, -0.25) is 4.79 Å². The van der Waals surface area contributed by atoms with Crippen LogP contribution in [-0.4, -0.2) is 41.2 Å². The van der Waals surface area contributed by atoms with Crippen LogP contribution < -0.4 is 10.1 Å². The third-order valence-electron chi connectivity index (χ3n) is 6.70. The number of hydrogen-bond donors (Lipinski definition) is 2. The van der Waals surface area contributed by atoms with E-state index in [0.717, 1.165) is 11.1 Å². The van der Waals surface area contributed by atoms with E-state index in [1.54, 1.807) is 31.2 Å². The van der Waals surface area contributed by atoms with Crippen LogP contribution in [0.15, 0.2) is 60.8 Å². The highest BCUT2D eigenvalue weighted by Crippen LogP contribution is 2.63. The molecule has 2 N–H and O–H groups in total. The molecule has 0 radical (unpaired) electrons. The van der Waals surface area contributed by atoms with Gasteiger partial charge in [-0.05, 0) is 61.6 Å². The summed E-state index contributed by atoms with van der Waals surface area (Å²) in [7, 11) is 1.34. The maximum Gasteiger partial charge on any atom is 0.328 e. The molecule has 0 saturated heterocycles. The zero-order chi connectivity index (χ0) is 26.0. The fraction of sp³-hybridized carbons (Fsp3) is 0.296. The van der Waals surface area contributed by atoms with Crippen LogP contribution in [0.25, 0.3) is 0 Å². The summed E-state index contributed by atoms with van der Waals surface area (Å²) >= 11 is 0. The Morgan fingerprint density at radius 2 is 1.67 bits per heavy atom. The minimum absolute atomic E-state index is 0.0702. The topological polar surface area (TPSA) is 97.8 Å². The summed E-state index contributed by atoms with van der Waals surface area (Å²) in [5.74, 6) is -2.65. The summed E-state index contributed by atoms with van der Waals surface area (Å²) in [5, 5.41) is 12.6. The largest absolute Gasteiger partial charge is 0.503 e. The number of esters is 1. The highest BCUT2D eigenvalue weighted by atomic mass is 19.1. The van der Waals surface area contributed by atoms with Gasteiger partial charge in [-0.25, -0.2) is 18.6 Å². The summed E-state index contributed by atoms with van der Waals surface area (Å²) in [5.41, 5.74) is 0.742. The van der Waals surface area contributed by atoms with Gasteiger partial charge in [0.25, 0.3) is 5.91 Å². The number of pyridine rings is 1. The van der Waals surface area contributed by atoms with Crippen molar-refractivity contribution in [3.8, 4) is 11.5 Å². The Morgan fingerprint density at radius 3 is 2.28 bits per heavy atom. The van der Waals surface area contributed by atoms with Gasteiger partial charge in [-0.15, -0.1) is 0 Å². The molecule has 1 aromatic heterocycles. The number of hydrogen-bond acceptors (Lipinski definition) is 6. The summed E-state index contributed by atoms with van der Waals surface area (Å²) in [4.78, 5) is 29.4. The van der Waals surface area contributed by atoms with E-state index in [0.29, 0.717) is 6.42 Å². The van der Waals surface area contributed by atoms with Crippen LogP contribution in [0.1, 0.15) is 47.8 Å². The van der Waals surface area contributed by atoms with E-state index >= 15 is 0 Å². The average Bonchev–Trinajstić information content (AvgIpc) is 3.62. The van der Waals surface area contributed by atoms with Crippen molar-refractivity contribution < 1.29 is 33.0 Å². The SMILES string of the molecule is COc1ccnc(C(=O)N[C@@H](C)C(=O)OC(C)C2(c3ccc(F)cc3)CC2c2ccc(F)cc2)c1O. The van der Waals surface area contributed by atoms with E-state index in [4.69, 9.17) is 9.47 Å². The third kappa shape index (κ3) is 4.73. The highest BCUT2D eigenvalue weighted by Gasteiger charge is 2.60. The number of carbonyl (C=O) groups excluding carboxylic acids is 2. The number of benzene rings is 2. The first-order valence-corrected chi connectivity index (χ1v) is 11.4. The fourth-order valence-corrected chi connectivity index (χ4v) is 4.62. The van der Waals surface area contributed by atoms with Crippen molar-refractivity contribution in [3.63, 3.8) is 0 Å². The number of nitrogens with one attached hydrogen (secondary N) is 1. The van der Waals surface area contributed by atoms with Gasteiger partial charge in [0.15, 0.2) is 17.2 Å². The van der Waals surface area contributed by atoms with Crippen molar-refractivity contribution in [1.29, 1.82) is 0 Å². The Kier molecular flexibility index (Phi) is 6.92. The van der Waals surface area contributed by atoms with Crippen LogP contribution in [0.3, 0.4) is 0 Å². The molecule has 7 nitrogen and oxygen atoms in total. The number of methoxy groups -OCH3 is 1. The number of ether oxygens (including phenoxy) is 2. The van der Waals surface area contributed by atoms with E-state index in [-0.39, 0.29) is 29.0 Å². The van der Waals surface area contributed by atoms with Gasteiger partial charge in [0.2, 0.25) is 0 Å². The van der Waals surface area contributed by atoms with Crippen LogP contribution in [0.4, 0.5) is 8.78 Å². The molecule has 188 valence electrons. The molecule has 0 bridgehead atoms. The number of aromatic hydroxyl groups is 1. The lowest BCUT2D eigenvalue weighted by Crippen LogP contribution is -2.42. The fourth-order valence-electron chi connectivity index (χ4n) is 4.62. The second-order valence-corrected chi connectivity index (χ2v) is 8.84. The Bertz CT molecular complexity index is 1270. The first-order valence-electron chi connectivity index (χ1n) is 11.4. The summed E-state index contributed by atoms with van der Waals surface area (Å²) < 4.78 is 37.9. The Labute approximate surface area is 207 Å². The zero-order valence-electron chi connectivity index (χ0n) is 20.0. The van der Waals surface area contributed by atoms with Crippen LogP contribution >= 0.6 is 0 Å². The molecule has 1 heterocycles. The van der Waals surface area contributed by atoms with E-state index in [2.05, 4.69) is 10.3 Å². The standard InChI is InChI=1S/C27H26F2N2O5/c1-15(31-25(33)23-24(32)22(35-3)12-13-30-23)26(34)36-16(2)27(18-6-10-20(29)11-7-18)14-21(27)17-4-8-19(28)9-5-17/h4-13,15-16,21,32H,14H2,1-3H3,(H,31,33)/t15-,16?,21?,27?/m0/s1. The van der Waals surface area contributed by atoms with Crippen LogP contribution in [0.2, 0.25) is 0 Å². The lowest BCUT2D eigenvalue weighted by Gasteiger charge is -2.27. The van der Waals surface area contributed by atoms with Crippen LogP contribution in [-0.2, 0) is 14.9 Å². The predicted molar refractivity (Wildman–Crippen MR) is 127 cm³/mol. The lowest BCUT2D eigenvalue weighted by atomic mass is 9.86. The third-order valence-corrected chi connectivity index (χ3v) is 6.70. The first kappa shape index (κ1) is 25.1. The van der Waals surface area contributed by atoms with Gasteiger partial charge in [-0.2, -0.15) is 0 Å². The molecule has 3 aromatic rings. The van der Waals surface area contributed by atoms with Crippen LogP contribution in [0, 0.1) is 11.6 Å². The lowest BCUT2D eigenvalue weighted by molar-refractivity contribution is -0.151. The number of carbonyl (C=O) groups is 2. The summed E-state index contributed by atoms with van der Waals surface area (Å²) in [6.45, 7) is 3.20. The molecular formula is C27H26F2N2O5. The Morgan fingerprint density at radius 1 is 1.06 bits per heavy atom. The first-order chi connectivity index (χ1) is 17.2. The molecule has 2 aromatic carbocycles. The summed E-state index contributed by atoms with van der Waals surface area (Å²) in [6.07, 6.45) is 1.27. The second-order valence-electron chi connectivity index (χ2n) is 8.84. The van der Waals surface area contributed by atoms with Gasteiger partial charge < -0.3 is 19.9 Å². The number of aromatic nitrogens is 1. The van der Waals surface area contributed by atoms with Crippen molar-refractivity contribution in [3.05, 3.63) is 89.2 Å². The van der Waals surface area contributed by atoms with Gasteiger partial charge in [-0.1, -0.05) is 24.3 Å². The molecule has 9 heteroatoms. The van der Waals surface area contributed by atoms with Crippen molar-refractivity contribution >= 4 is 11.9 Å². The van der Waals surface area contributed by atoms with Crippen LogP contribution in [0.5, 0.6) is 11.5 Å². The minimum Gasteiger partial charge on any atom is -0.503 e. The molecular weight excluding hydrogens is 470 g/mol. The van der Waals surface area contributed by atoms with Crippen molar-refractivity contribution in [2.45, 2.75) is 43.7 Å². The van der Waals surface area contributed by atoms with Crippen molar-refractivity contribution in [2.75, 3.05) is 7.11 Å². The molecule has 4 atom stereocenters. The average molecular weight is 497 g/mol. The number of halogens is 2. The molecule has 1 amide bonds. The number of rotatable bonds is 8. The molecule has 1 fully saturated rings. The van der Waals surface area contributed by atoms with E-state index in [1.165, 1.54) is 50.6 Å². The van der Waals surface area contributed by atoms with Gasteiger partial charge in [0.05, 0.1) is 7.11 Å². The van der Waals surface area contributed by atoms with Crippen molar-refractivity contribution in [1.82, 2.24) is 10.3 Å². The monoisotopic (exact) mass is 496 g/mol. The van der Waals surface area contributed by atoms with E-state index < -0.39 is 35.2 Å². The normalized spacial score (nSPS) is 20.2. The molecule has 1 saturated carbocycles. The Hall–Kier alpha value is -4.01. The second kappa shape index (κ2) is 9.93. The molecule has 4 rings (SSSR count). The quantitative estimate of drug-likeness (QED) is 0.453. The minimum atomic E-state index is -1.05. The molecule has 3 unspecified atom stereocenters. The molecule has 1 aliphatic carbocycles. The van der Waals surface area contributed by atoms with Gasteiger partial charge in [0, 0.05) is 17.7 Å².